The molecule has 0 bridgehead atoms. The Bertz CT molecular complexity index is 331. The van der Waals surface area contributed by atoms with Crippen LogP contribution >= 0.6 is 0 Å². The molecule has 15 heavy (non-hydrogen) atoms. The fraction of sp³-hybridized carbons (Fsp3) is 0. The quantitative estimate of drug-likeness (QED) is 0.848. The third kappa shape index (κ3) is 4.19. The fourth-order valence-electron chi connectivity index (χ4n) is 1.00. The smallest absolute Gasteiger partial charge is 0.131 e. The first-order valence-electron chi connectivity index (χ1n) is 4.04. The topological polar surface area (TPSA) is 69.3 Å². The van der Waals surface area contributed by atoms with Gasteiger partial charge in [-0.25, -0.2) is 9.97 Å². The standard InChI is InChI=1S/C10H9N3.Mo.H2O/c1-3-7-11-9(5-1)13-10-6-2-4-8-12-10;;/h1-8H,(H,11,12,13);;1H2. The molecule has 0 amide bonds. The fourth-order valence-corrected chi connectivity index (χ4v) is 1.00. The van der Waals surface area contributed by atoms with Crippen molar-refractivity contribution in [1.29, 1.82) is 0 Å². The normalized spacial score (nSPS) is 8.27. The van der Waals surface area contributed by atoms with Crippen LogP contribution in [-0.2, 0) is 21.1 Å². The van der Waals surface area contributed by atoms with Crippen LogP contribution in [0.4, 0.5) is 11.6 Å². The minimum atomic E-state index is 0. The molecule has 78 valence electrons. The number of aromatic nitrogens is 2. The van der Waals surface area contributed by atoms with Gasteiger partial charge in [-0.05, 0) is 24.3 Å². The molecule has 0 aliphatic carbocycles. The van der Waals surface area contributed by atoms with E-state index >= 15 is 0 Å². The first-order valence-corrected chi connectivity index (χ1v) is 4.04. The monoisotopic (exact) mass is 287 g/mol. The summed E-state index contributed by atoms with van der Waals surface area (Å²) >= 11 is 0. The number of rotatable bonds is 2. The van der Waals surface area contributed by atoms with Gasteiger partial charge in [-0.2, -0.15) is 0 Å². The Kier molecular flexibility index (Phi) is 6.50. The van der Waals surface area contributed by atoms with Crippen molar-refractivity contribution in [3.63, 3.8) is 0 Å². The van der Waals surface area contributed by atoms with Crippen LogP contribution in [0.5, 0.6) is 0 Å². The number of nitrogens with zero attached hydrogens (tertiary/aromatic N) is 2. The largest absolute Gasteiger partial charge is 0.412 e. The van der Waals surface area contributed by atoms with Crippen molar-refractivity contribution >= 4 is 11.6 Å². The summed E-state index contributed by atoms with van der Waals surface area (Å²) in [6.45, 7) is 0. The van der Waals surface area contributed by atoms with Crippen molar-refractivity contribution in [2.24, 2.45) is 0 Å². The molecule has 0 radical (unpaired) electrons. The molecule has 3 N–H and O–H groups in total. The van der Waals surface area contributed by atoms with Gasteiger partial charge in [0.05, 0.1) is 0 Å². The summed E-state index contributed by atoms with van der Waals surface area (Å²) in [5, 5.41) is 3.08. The van der Waals surface area contributed by atoms with E-state index in [1.54, 1.807) is 12.4 Å². The molecule has 0 unspecified atom stereocenters. The number of pyridine rings is 2. The van der Waals surface area contributed by atoms with Crippen molar-refractivity contribution < 1.29 is 26.5 Å². The molecule has 5 heteroatoms. The van der Waals surface area contributed by atoms with Gasteiger partial charge in [0.1, 0.15) is 11.6 Å². The van der Waals surface area contributed by atoms with Crippen molar-refractivity contribution in [2.75, 3.05) is 5.32 Å². The maximum Gasteiger partial charge on any atom is 0.131 e. The molecule has 4 nitrogen and oxygen atoms in total. The van der Waals surface area contributed by atoms with Gasteiger partial charge >= 0.3 is 0 Å². The maximum atomic E-state index is 4.12. The molecule has 2 aromatic rings. The van der Waals surface area contributed by atoms with Crippen LogP contribution in [0.2, 0.25) is 0 Å². The first kappa shape index (κ1) is 13.7. The van der Waals surface area contributed by atoms with E-state index in [1.165, 1.54) is 0 Å². The van der Waals surface area contributed by atoms with E-state index in [0.717, 1.165) is 11.6 Å². The van der Waals surface area contributed by atoms with Gasteiger partial charge in [0, 0.05) is 33.5 Å². The van der Waals surface area contributed by atoms with E-state index in [4.69, 9.17) is 0 Å². The zero-order valence-corrected chi connectivity index (χ0v) is 9.93. The summed E-state index contributed by atoms with van der Waals surface area (Å²) in [4.78, 5) is 8.25. The average Bonchev–Trinajstić information content (AvgIpc) is 2.21. The Labute approximate surface area is 102 Å². The van der Waals surface area contributed by atoms with E-state index in [1.807, 2.05) is 36.4 Å². The molecular weight excluding hydrogens is 274 g/mol. The van der Waals surface area contributed by atoms with E-state index in [0.29, 0.717) is 0 Å². The van der Waals surface area contributed by atoms with Crippen LogP contribution in [0.3, 0.4) is 0 Å². The second kappa shape index (κ2) is 7.09. The number of nitrogens with one attached hydrogen (secondary N) is 1. The van der Waals surface area contributed by atoms with Gasteiger partial charge in [-0.15, -0.1) is 0 Å². The molecule has 2 aromatic heterocycles. The Morgan fingerprint density at radius 1 is 0.800 bits per heavy atom. The summed E-state index contributed by atoms with van der Waals surface area (Å²) in [5.74, 6) is 1.61. The maximum absolute atomic E-state index is 4.12. The van der Waals surface area contributed by atoms with Crippen molar-refractivity contribution in [1.82, 2.24) is 9.97 Å². The molecule has 0 aliphatic rings. The first-order chi connectivity index (χ1) is 6.45. The number of anilines is 2. The Morgan fingerprint density at radius 3 is 1.60 bits per heavy atom. The van der Waals surface area contributed by atoms with Gasteiger partial charge in [0.25, 0.3) is 0 Å². The molecule has 0 aliphatic heterocycles. The Balaban J connectivity index is 0.000000980. The summed E-state index contributed by atoms with van der Waals surface area (Å²) < 4.78 is 0. The number of hydrogen-bond donors (Lipinski definition) is 1. The zero-order valence-electron chi connectivity index (χ0n) is 7.92. The summed E-state index contributed by atoms with van der Waals surface area (Å²) in [6.07, 6.45) is 3.48. The van der Waals surface area contributed by atoms with Gasteiger partial charge in [-0.1, -0.05) is 12.1 Å². The molecule has 0 spiro atoms. The summed E-state index contributed by atoms with van der Waals surface area (Å²) in [6, 6.07) is 11.4. The van der Waals surface area contributed by atoms with E-state index < -0.39 is 0 Å². The Morgan fingerprint density at radius 2 is 1.27 bits per heavy atom. The van der Waals surface area contributed by atoms with Crippen LogP contribution in [0.25, 0.3) is 0 Å². The predicted octanol–water partition coefficient (Wildman–Crippen LogP) is 1.39. The van der Waals surface area contributed by atoms with Crippen LogP contribution in [0.1, 0.15) is 0 Å². The zero-order chi connectivity index (χ0) is 8.93. The van der Waals surface area contributed by atoms with Crippen molar-refractivity contribution in [2.45, 2.75) is 0 Å². The second-order valence-electron chi connectivity index (χ2n) is 2.55. The van der Waals surface area contributed by atoms with Crippen LogP contribution in [-0.4, -0.2) is 15.4 Å². The SMILES string of the molecule is O.[Mo].c1ccc(Nc2ccccn2)nc1. The van der Waals surface area contributed by atoms with Gasteiger partial charge in [0.2, 0.25) is 0 Å². The molecule has 0 fully saturated rings. The van der Waals surface area contributed by atoms with E-state index in [-0.39, 0.29) is 26.5 Å². The van der Waals surface area contributed by atoms with Crippen molar-refractivity contribution in [3.8, 4) is 0 Å². The average molecular weight is 285 g/mol. The molecule has 0 saturated carbocycles. The second-order valence-corrected chi connectivity index (χ2v) is 2.55. The molecule has 2 rings (SSSR count). The van der Waals surface area contributed by atoms with Gasteiger partial charge in [0.15, 0.2) is 0 Å². The minimum absolute atomic E-state index is 0. The third-order valence-electron chi connectivity index (χ3n) is 1.59. The van der Waals surface area contributed by atoms with Crippen molar-refractivity contribution in [3.05, 3.63) is 48.8 Å². The molecule has 0 saturated heterocycles. The summed E-state index contributed by atoms with van der Waals surface area (Å²) in [5.41, 5.74) is 0. The van der Waals surface area contributed by atoms with Crippen LogP contribution in [0, 0.1) is 0 Å². The third-order valence-corrected chi connectivity index (χ3v) is 1.59. The molecule has 2 heterocycles. The van der Waals surface area contributed by atoms with Crippen LogP contribution < -0.4 is 5.32 Å². The van der Waals surface area contributed by atoms with Gasteiger partial charge in [-0.3, -0.25) is 0 Å². The van der Waals surface area contributed by atoms with Crippen LogP contribution in [0.15, 0.2) is 48.8 Å². The Hall–Kier alpha value is -1.25. The van der Waals surface area contributed by atoms with Gasteiger partial charge < -0.3 is 10.8 Å². The number of hydrogen-bond acceptors (Lipinski definition) is 3. The van der Waals surface area contributed by atoms with E-state index in [2.05, 4.69) is 15.3 Å². The predicted molar refractivity (Wildman–Crippen MR) is 55.4 cm³/mol. The van der Waals surface area contributed by atoms with E-state index in [9.17, 15) is 0 Å². The summed E-state index contributed by atoms with van der Waals surface area (Å²) in [7, 11) is 0. The molecular formula is C10H11MoN3O. The molecule has 0 atom stereocenters. The minimum Gasteiger partial charge on any atom is -0.412 e. The molecule has 0 aromatic carbocycles.